The van der Waals surface area contributed by atoms with Gasteiger partial charge in [0.1, 0.15) is 0 Å². The third-order valence-electron chi connectivity index (χ3n) is 4.07. The molecule has 1 aromatic carbocycles. The molecule has 0 atom stereocenters. The van der Waals surface area contributed by atoms with Gasteiger partial charge in [-0.1, -0.05) is 23.9 Å². The van der Waals surface area contributed by atoms with Crippen molar-refractivity contribution >= 4 is 34.5 Å². The van der Waals surface area contributed by atoms with Crippen LogP contribution < -0.4 is 5.56 Å². The molecular formula is C17H19N3O4S. The number of benzene rings is 1. The average Bonchev–Trinajstić information content (AvgIpc) is 3.05. The molecule has 1 aromatic heterocycles. The Labute approximate surface area is 148 Å². The fourth-order valence-corrected chi connectivity index (χ4v) is 3.70. The number of nitrogens with zero attached hydrogens (tertiary/aromatic N) is 3. The second-order valence-electron chi connectivity index (χ2n) is 5.78. The van der Waals surface area contributed by atoms with Gasteiger partial charge in [0, 0.05) is 26.1 Å². The van der Waals surface area contributed by atoms with Gasteiger partial charge in [-0.3, -0.25) is 23.9 Å². The first kappa shape index (κ1) is 17.6. The number of imide groups is 1. The molecule has 2 heterocycles. The quantitative estimate of drug-likeness (QED) is 0.610. The highest BCUT2D eigenvalue weighted by molar-refractivity contribution is 7.99. The monoisotopic (exact) mass is 361 g/mol. The number of hydrogen-bond acceptors (Lipinski definition) is 6. The molecule has 1 fully saturated rings. The van der Waals surface area contributed by atoms with Crippen LogP contribution in [0.1, 0.15) is 19.3 Å². The molecule has 2 aromatic rings. The van der Waals surface area contributed by atoms with Crippen molar-refractivity contribution in [3.8, 4) is 0 Å². The molecule has 132 valence electrons. The largest absolute Gasteiger partial charge is 0.396 e. The summed E-state index contributed by atoms with van der Waals surface area (Å²) < 4.78 is 1.49. The van der Waals surface area contributed by atoms with Crippen LogP contribution in [-0.2, 0) is 16.1 Å². The Balaban J connectivity index is 1.87. The van der Waals surface area contributed by atoms with Gasteiger partial charge >= 0.3 is 0 Å². The standard InChI is InChI=1S/C17H19N3O4S/c21-10-4-9-20-16(24)12-5-1-2-6-13(12)18-17(20)25-11-15(23)19-8-3-7-14(19)22/h1-2,5-6,21H,3-4,7-11H2. The van der Waals surface area contributed by atoms with Crippen LogP contribution in [-0.4, -0.2) is 50.3 Å². The maximum absolute atomic E-state index is 12.7. The van der Waals surface area contributed by atoms with Crippen LogP contribution in [0.4, 0.5) is 0 Å². The zero-order valence-corrected chi connectivity index (χ0v) is 14.5. The minimum atomic E-state index is -0.261. The highest BCUT2D eigenvalue weighted by Crippen LogP contribution is 2.20. The lowest BCUT2D eigenvalue weighted by molar-refractivity contribution is -0.140. The van der Waals surface area contributed by atoms with Crippen molar-refractivity contribution in [3.63, 3.8) is 0 Å². The molecule has 3 rings (SSSR count). The SMILES string of the molecule is O=C1CCCN1C(=O)CSc1nc2ccccc2c(=O)n1CCCO. The zero-order valence-electron chi connectivity index (χ0n) is 13.7. The van der Waals surface area contributed by atoms with Crippen LogP contribution in [0.25, 0.3) is 10.9 Å². The van der Waals surface area contributed by atoms with Gasteiger partial charge in [-0.25, -0.2) is 4.98 Å². The first-order chi connectivity index (χ1) is 12.1. The van der Waals surface area contributed by atoms with Gasteiger partial charge in [-0.2, -0.15) is 0 Å². The molecule has 7 nitrogen and oxygen atoms in total. The van der Waals surface area contributed by atoms with E-state index in [1.54, 1.807) is 24.3 Å². The summed E-state index contributed by atoms with van der Waals surface area (Å²) in [4.78, 5) is 42.3. The summed E-state index contributed by atoms with van der Waals surface area (Å²) in [5.41, 5.74) is 0.381. The molecule has 0 unspecified atom stereocenters. The van der Waals surface area contributed by atoms with Gasteiger partial charge in [-0.15, -0.1) is 0 Å². The van der Waals surface area contributed by atoms with E-state index in [0.717, 1.165) is 11.8 Å². The van der Waals surface area contributed by atoms with Crippen LogP contribution >= 0.6 is 11.8 Å². The average molecular weight is 361 g/mol. The summed E-state index contributed by atoms with van der Waals surface area (Å²) in [6, 6.07) is 7.04. The molecule has 1 N–H and O–H groups in total. The van der Waals surface area contributed by atoms with Crippen molar-refractivity contribution in [2.24, 2.45) is 0 Å². The molecule has 0 bridgehead atoms. The Hall–Kier alpha value is -2.19. The first-order valence-corrected chi connectivity index (χ1v) is 9.17. The van der Waals surface area contributed by atoms with Gasteiger partial charge in [0.15, 0.2) is 5.16 Å². The molecule has 0 saturated carbocycles. The number of carbonyl (C=O) groups excluding carboxylic acids is 2. The van der Waals surface area contributed by atoms with Crippen LogP contribution in [0.15, 0.2) is 34.2 Å². The van der Waals surface area contributed by atoms with Gasteiger partial charge in [0.25, 0.3) is 5.56 Å². The number of aliphatic hydroxyl groups is 1. The molecule has 0 aliphatic carbocycles. The number of hydrogen-bond donors (Lipinski definition) is 1. The van der Waals surface area contributed by atoms with E-state index < -0.39 is 0 Å². The molecule has 1 saturated heterocycles. The Kier molecular flexibility index (Phi) is 5.50. The van der Waals surface area contributed by atoms with Crippen molar-refractivity contribution in [2.75, 3.05) is 18.9 Å². The van der Waals surface area contributed by atoms with E-state index in [9.17, 15) is 14.4 Å². The topological polar surface area (TPSA) is 92.5 Å². The van der Waals surface area contributed by atoms with E-state index >= 15 is 0 Å². The van der Waals surface area contributed by atoms with E-state index in [-0.39, 0.29) is 29.7 Å². The molecular weight excluding hydrogens is 342 g/mol. The van der Waals surface area contributed by atoms with Gasteiger partial charge in [0.05, 0.1) is 16.7 Å². The number of rotatable bonds is 6. The minimum absolute atomic E-state index is 0.0371. The maximum Gasteiger partial charge on any atom is 0.262 e. The van der Waals surface area contributed by atoms with E-state index in [1.807, 2.05) is 0 Å². The summed E-state index contributed by atoms with van der Waals surface area (Å²) in [6.07, 6.45) is 1.53. The Morgan fingerprint density at radius 3 is 2.80 bits per heavy atom. The fraction of sp³-hybridized carbons (Fsp3) is 0.412. The van der Waals surface area contributed by atoms with Crippen molar-refractivity contribution in [3.05, 3.63) is 34.6 Å². The minimum Gasteiger partial charge on any atom is -0.396 e. The summed E-state index contributed by atoms with van der Waals surface area (Å²) >= 11 is 1.15. The first-order valence-electron chi connectivity index (χ1n) is 8.18. The number of carbonyl (C=O) groups is 2. The highest BCUT2D eigenvalue weighted by atomic mass is 32.2. The Morgan fingerprint density at radius 2 is 2.08 bits per heavy atom. The van der Waals surface area contributed by atoms with E-state index in [2.05, 4.69) is 4.98 Å². The molecule has 0 spiro atoms. The van der Waals surface area contributed by atoms with Crippen LogP contribution in [0, 0.1) is 0 Å². The second kappa shape index (κ2) is 7.79. The molecule has 1 aliphatic heterocycles. The fourth-order valence-electron chi connectivity index (χ4n) is 2.80. The third kappa shape index (κ3) is 3.74. The smallest absolute Gasteiger partial charge is 0.262 e. The number of fused-ring (bicyclic) bond motifs is 1. The molecule has 0 radical (unpaired) electrons. The van der Waals surface area contributed by atoms with Crippen molar-refractivity contribution in [1.29, 1.82) is 0 Å². The Morgan fingerprint density at radius 1 is 1.28 bits per heavy atom. The van der Waals surface area contributed by atoms with Gasteiger partial charge in [-0.05, 0) is 25.0 Å². The highest BCUT2D eigenvalue weighted by Gasteiger charge is 2.26. The number of likely N-dealkylation sites (tertiary alicyclic amines) is 1. The summed E-state index contributed by atoms with van der Waals surface area (Å²) in [7, 11) is 0. The lowest BCUT2D eigenvalue weighted by Gasteiger charge is -2.15. The summed E-state index contributed by atoms with van der Waals surface area (Å²) in [6.45, 7) is 0.748. The lowest BCUT2D eigenvalue weighted by atomic mass is 10.2. The number of amides is 2. The third-order valence-corrected chi connectivity index (χ3v) is 5.03. The van der Waals surface area contributed by atoms with Gasteiger partial charge in [0.2, 0.25) is 11.8 Å². The summed E-state index contributed by atoms with van der Waals surface area (Å²) in [5.74, 6) is -0.353. The normalized spacial score (nSPS) is 14.4. The molecule has 1 aliphatic rings. The predicted molar refractivity (Wildman–Crippen MR) is 94.4 cm³/mol. The van der Waals surface area contributed by atoms with Gasteiger partial charge < -0.3 is 5.11 Å². The van der Waals surface area contributed by atoms with Crippen LogP contribution in [0.5, 0.6) is 0 Å². The number of thioether (sulfide) groups is 1. The molecule has 2 amide bonds. The van der Waals surface area contributed by atoms with Crippen molar-refractivity contribution in [2.45, 2.75) is 31.0 Å². The number of aliphatic hydroxyl groups excluding tert-OH is 1. The van der Waals surface area contributed by atoms with Crippen molar-refractivity contribution in [1.82, 2.24) is 14.5 Å². The van der Waals surface area contributed by atoms with E-state index in [0.29, 0.717) is 48.4 Å². The maximum atomic E-state index is 12.7. The second-order valence-corrected chi connectivity index (χ2v) is 6.72. The zero-order chi connectivity index (χ0) is 17.8. The van der Waals surface area contributed by atoms with Crippen LogP contribution in [0.2, 0.25) is 0 Å². The molecule has 8 heteroatoms. The van der Waals surface area contributed by atoms with E-state index in [1.165, 1.54) is 9.47 Å². The lowest BCUT2D eigenvalue weighted by Crippen LogP contribution is -2.33. The van der Waals surface area contributed by atoms with Crippen molar-refractivity contribution < 1.29 is 14.7 Å². The predicted octanol–water partition coefficient (Wildman–Crippen LogP) is 1.02. The number of para-hydroxylation sites is 1. The van der Waals surface area contributed by atoms with Crippen LogP contribution in [0.3, 0.4) is 0 Å². The van der Waals surface area contributed by atoms with E-state index in [4.69, 9.17) is 5.11 Å². The summed E-state index contributed by atoms with van der Waals surface area (Å²) in [5, 5.41) is 10.0. The molecule has 25 heavy (non-hydrogen) atoms. The Bertz CT molecular complexity index is 865. The number of aromatic nitrogens is 2.